The normalized spacial score (nSPS) is 7.92. The maximum Gasteiger partial charge on any atom is 0.302 e. The molecular formula is C9H18O3. The molecule has 0 aliphatic heterocycles. The quantitative estimate of drug-likeness (QED) is 0.371. The molecule has 0 saturated carbocycles. The van der Waals surface area contributed by atoms with Gasteiger partial charge in [-0.15, -0.1) is 0 Å². The van der Waals surface area contributed by atoms with E-state index in [0.717, 1.165) is 25.5 Å². The second-order valence-electron chi connectivity index (χ2n) is 2.23. The van der Waals surface area contributed by atoms with Crippen LogP contribution in [-0.2, 0) is 14.3 Å². The number of aldehydes is 1. The molecule has 0 aromatic carbocycles. The molecule has 0 bridgehead atoms. The van der Waals surface area contributed by atoms with E-state index in [4.69, 9.17) is 0 Å². The molecule has 0 rings (SSSR count). The molecule has 0 unspecified atom stereocenters. The first kappa shape index (κ1) is 13.7. The zero-order valence-electron chi connectivity index (χ0n) is 8.13. The molecule has 3 heteroatoms. The SMILES string of the molecule is CCCCC=O.CCOC(C)=O. The number of carbonyl (C=O) groups is 2. The third-order valence-electron chi connectivity index (χ3n) is 1.02. The summed E-state index contributed by atoms with van der Waals surface area (Å²) in [6.45, 7) is 5.73. The number of hydrogen-bond acceptors (Lipinski definition) is 3. The Morgan fingerprint density at radius 3 is 2.08 bits per heavy atom. The van der Waals surface area contributed by atoms with Crippen LogP contribution in [0.4, 0.5) is 0 Å². The topological polar surface area (TPSA) is 43.4 Å². The van der Waals surface area contributed by atoms with Gasteiger partial charge < -0.3 is 9.53 Å². The Hall–Kier alpha value is -0.860. The van der Waals surface area contributed by atoms with Crippen molar-refractivity contribution in [3.63, 3.8) is 0 Å². The van der Waals surface area contributed by atoms with Crippen molar-refractivity contribution in [1.82, 2.24) is 0 Å². The molecule has 0 heterocycles. The molecule has 0 radical (unpaired) electrons. The summed E-state index contributed by atoms with van der Waals surface area (Å²) in [7, 11) is 0. The Kier molecular flexibility index (Phi) is 14.6. The van der Waals surface area contributed by atoms with Gasteiger partial charge in [0.1, 0.15) is 6.29 Å². The monoisotopic (exact) mass is 174 g/mol. The third-order valence-corrected chi connectivity index (χ3v) is 1.02. The first-order valence-corrected chi connectivity index (χ1v) is 4.26. The van der Waals surface area contributed by atoms with Gasteiger partial charge in [-0.3, -0.25) is 4.79 Å². The number of esters is 1. The van der Waals surface area contributed by atoms with Crippen LogP contribution in [0.25, 0.3) is 0 Å². The smallest absolute Gasteiger partial charge is 0.302 e. The Morgan fingerprint density at radius 1 is 1.42 bits per heavy atom. The van der Waals surface area contributed by atoms with E-state index in [-0.39, 0.29) is 5.97 Å². The molecule has 0 spiro atoms. The van der Waals surface area contributed by atoms with Crippen LogP contribution in [0.5, 0.6) is 0 Å². The van der Waals surface area contributed by atoms with Gasteiger partial charge in [0, 0.05) is 13.3 Å². The van der Waals surface area contributed by atoms with Gasteiger partial charge in [0.15, 0.2) is 0 Å². The number of unbranched alkanes of at least 4 members (excludes halogenated alkanes) is 2. The van der Waals surface area contributed by atoms with Gasteiger partial charge >= 0.3 is 5.97 Å². The second-order valence-corrected chi connectivity index (χ2v) is 2.23. The lowest BCUT2D eigenvalue weighted by Gasteiger charge is -1.89. The minimum Gasteiger partial charge on any atom is -0.466 e. The molecule has 0 fully saturated rings. The number of carbonyl (C=O) groups excluding carboxylic acids is 2. The summed E-state index contributed by atoms with van der Waals surface area (Å²) < 4.78 is 4.40. The van der Waals surface area contributed by atoms with Crippen molar-refractivity contribution in [3.05, 3.63) is 0 Å². The number of hydrogen-bond donors (Lipinski definition) is 0. The second kappa shape index (κ2) is 12.8. The van der Waals surface area contributed by atoms with Gasteiger partial charge in [-0.2, -0.15) is 0 Å². The van der Waals surface area contributed by atoms with Gasteiger partial charge in [0.25, 0.3) is 0 Å². The van der Waals surface area contributed by atoms with Crippen LogP contribution >= 0.6 is 0 Å². The summed E-state index contributed by atoms with van der Waals surface area (Å²) >= 11 is 0. The van der Waals surface area contributed by atoms with E-state index in [9.17, 15) is 9.59 Å². The lowest BCUT2D eigenvalue weighted by Crippen LogP contribution is -1.95. The Labute approximate surface area is 74.1 Å². The molecule has 0 amide bonds. The van der Waals surface area contributed by atoms with Crippen molar-refractivity contribution < 1.29 is 14.3 Å². The van der Waals surface area contributed by atoms with Crippen molar-refractivity contribution in [2.45, 2.75) is 40.0 Å². The van der Waals surface area contributed by atoms with E-state index >= 15 is 0 Å². The summed E-state index contributed by atoms with van der Waals surface area (Å²) in [4.78, 5) is 19.4. The highest BCUT2D eigenvalue weighted by atomic mass is 16.5. The van der Waals surface area contributed by atoms with Gasteiger partial charge in [0.2, 0.25) is 0 Å². The van der Waals surface area contributed by atoms with Crippen molar-refractivity contribution in [2.24, 2.45) is 0 Å². The van der Waals surface area contributed by atoms with E-state index < -0.39 is 0 Å². The molecular weight excluding hydrogens is 156 g/mol. The summed E-state index contributed by atoms with van der Waals surface area (Å²) in [5, 5.41) is 0. The van der Waals surface area contributed by atoms with Gasteiger partial charge in [0.05, 0.1) is 6.61 Å². The number of ether oxygens (including phenoxy) is 1. The highest BCUT2D eigenvalue weighted by Crippen LogP contribution is 1.87. The highest BCUT2D eigenvalue weighted by molar-refractivity contribution is 5.65. The van der Waals surface area contributed by atoms with Crippen LogP contribution in [0, 0.1) is 0 Å². The van der Waals surface area contributed by atoms with Crippen molar-refractivity contribution in [3.8, 4) is 0 Å². The van der Waals surface area contributed by atoms with Gasteiger partial charge in [-0.1, -0.05) is 13.3 Å². The Balaban J connectivity index is 0. The highest BCUT2D eigenvalue weighted by Gasteiger charge is 1.81. The lowest BCUT2D eigenvalue weighted by molar-refractivity contribution is -0.140. The van der Waals surface area contributed by atoms with Crippen LogP contribution in [-0.4, -0.2) is 18.9 Å². The molecule has 0 atom stereocenters. The largest absolute Gasteiger partial charge is 0.466 e. The zero-order chi connectivity index (χ0) is 9.82. The molecule has 0 N–H and O–H groups in total. The van der Waals surface area contributed by atoms with Crippen LogP contribution in [0.2, 0.25) is 0 Å². The number of rotatable bonds is 4. The summed E-state index contributed by atoms with van der Waals surface area (Å²) in [5.74, 6) is -0.211. The minimum atomic E-state index is -0.211. The van der Waals surface area contributed by atoms with Crippen LogP contribution in [0.15, 0.2) is 0 Å². The minimum absolute atomic E-state index is 0.211. The third kappa shape index (κ3) is 22.9. The molecule has 3 nitrogen and oxygen atoms in total. The molecule has 72 valence electrons. The van der Waals surface area contributed by atoms with E-state index in [1.165, 1.54) is 6.92 Å². The van der Waals surface area contributed by atoms with Crippen molar-refractivity contribution >= 4 is 12.3 Å². The maximum absolute atomic E-state index is 9.82. The average Bonchev–Trinajstić information content (AvgIpc) is 2.02. The maximum atomic E-state index is 9.82. The fourth-order valence-electron chi connectivity index (χ4n) is 0.491. The lowest BCUT2D eigenvalue weighted by atomic mass is 10.3. The molecule has 12 heavy (non-hydrogen) atoms. The van der Waals surface area contributed by atoms with Crippen LogP contribution in [0.1, 0.15) is 40.0 Å². The summed E-state index contributed by atoms with van der Waals surface area (Å²) in [6, 6.07) is 0. The van der Waals surface area contributed by atoms with E-state index in [0.29, 0.717) is 6.61 Å². The van der Waals surface area contributed by atoms with Crippen molar-refractivity contribution in [1.29, 1.82) is 0 Å². The summed E-state index contributed by atoms with van der Waals surface area (Å²) in [6.07, 6.45) is 3.86. The zero-order valence-corrected chi connectivity index (χ0v) is 8.13. The predicted molar refractivity (Wildman–Crippen MR) is 47.9 cm³/mol. The first-order chi connectivity index (χ1) is 5.68. The predicted octanol–water partition coefficient (Wildman–Crippen LogP) is 1.94. The fraction of sp³-hybridized carbons (Fsp3) is 0.778. The standard InChI is InChI=1S/C5H10O.C4H8O2/c1-2-3-4-5-6;1-3-6-4(2)5/h5H,2-4H2,1H3;3H2,1-2H3. The van der Waals surface area contributed by atoms with E-state index in [1.807, 2.05) is 0 Å². The molecule has 0 aromatic heterocycles. The van der Waals surface area contributed by atoms with E-state index in [1.54, 1.807) is 6.92 Å². The summed E-state index contributed by atoms with van der Waals surface area (Å²) in [5.41, 5.74) is 0. The van der Waals surface area contributed by atoms with Gasteiger partial charge in [-0.05, 0) is 13.3 Å². The van der Waals surface area contributed by atoms with Crippen LogP contribution in [0.3, 0.4) is 0 Å². The fourth-order valence-corrected chi connectivity index (χ4v) is 0.491. The van der Waals surface area contributed by atoms with Crippen LogP contribution < -0.4 is 0 Å². The first-order valence-electron chi connectivity index (χ1n) is 4.26. The molecule has 0 saturated heterocycles. The van der Waals surface area contributed by atoms with E-state index in [2.05, 4.69) is 11.7 Å². The van der Waals surface area contributed by atoms with Gasteiger partial charge in [-0.25, -0.2) is 0 Å². The Morgan fingerprint density at radius 2 is 2.00 bits per heavy atom. The Bertz CT molecular complexity index is 110. The molecule has 0 aliphatic rings. The van der Waals surface area contributed by atoms with Crippen molar-refractivity contribution in [2.75, 3.05) is 6.61 Å². The average molecular weight is 174 g/mol. The molecule has 0 aromatic rings. The molecule has 0 aliphatic carbocycles.